The van der Waals surface area contributed by atoms with Gasteiger partial charge >= 0.3 is 0 Å². The van der Waals surface area contributed by atoms with Gasteiger partial charge in [-0.05, 0) is 36.8 Å². The third-order valence-corrected chi connectivity index (χ3v) is 6.81. The Morgan fingerprint density at radius 2 is 1.79 bits per heavy atom. The van der Waals surface area contributed by atoms with Gasteiger partial charge < -0.3 is 19.1 Å². The Bertz CT molecular complexity index is 1100. The van der Waals surface area contributed by atoms with E-state index in [1.807, 2.05) is 25.1 Å². The van der Waals surface area contributed by atoms with Crippen molar-refractivity contribution in [2.24, 2.45) is 0 Å². The number of fused-ring (bicyclic) bond motifs is 1. The second-order valence-corrected chi connectivity index (χ2v) is 9.92. The molecule has 0 atom stereocenters. The van der Waals surface area contributed by atoms with E-state index in [1.54, 1.807) is 29.2 Å². The average molecular weight is 476 g/mol. The van der Waals surface area contributed by atoms with Gasteiger partial charge in [-0.2, -0.15) is 0 Å². The van der Waals surface area contributed by atoms with Gasteiger partial charge in [0.25, 0.3) is 0 Å². The first-order valence-corrected chi connectivity index (χ1v) is 12.8. The van der Waals surface area contributed by atoms with Gasteiger partial charge in [0, 0.05) is 32.7 Å². The van der Waals surface area contributed by atoms with E-state index >= 15 is 0 Å². The van der Waals surface area contributed by atoms with Gasteiger partial charge in [-0.25, -0.2) is 8.42 Å². The highest BCUT2D eigenvalue weighted by atomic mass is 32.2. The maximum Gasteiger partial charge on any atom is 0.243 e. The number of sulfonamides is 1. The number of nitrogens with zero attached hydrogens (tertiary/aromatic N) is 3. The molecule has 2 aromatic carbocycles. The maximum atomic E-state index is 13.0. The first-order valence-electron chi connectivity index (χ1n) is 10.9. The molecule has 1 fully saturated rings. The van der Waals surface area contributed by atoms with E-state index in [4.69, 9.17) is 14.2 Å². The highest BCUT2D eigenvalue weighted by Gasteiger charge is 2.28. The molecular weight excluding hydrogens is 446 g/mol. The fourth-order valence-electron chi connectivity index (χ4n) is 4.00. The van der Waals surface area contributed by atoms with Crippen LogP contribution in [0.4, 0.5) is 5.69 Å². The molecule has 0 spiro atoms. The Labute approximate surface area is 194 Å². The minimum Gasteiger partial charge on any atom is -0.492 e. The third-order valence-electron chi connectivity index (χ3n) is 5.68. The minimum absolute atomic E-state index is 0.227. The normalized spacial score (nSPS) is 16.0. The SMILES string of the molecule is CCOc1ccccc1N(CC(=O)N1CCN(Cc2ccc3c(c2)OCO3)CC1)S(C)(=O)=O. The molecule has 1 amide bonds. The van der Waals surface area contributed by atoms with E-state index in [1.165, 1.54) is 0 Å². The van der Waals surface area contributed by atoms with Crippen LogP contribution in [0.5, 0.6) is 17.2 Å². The molecule has 9 nitrogen and oxygen atoms in total. The number of piperazine rings is 1. The van der Waals surface area contributed by atoms with Gasteiger partial charge in [0.15, 0.2) is 11.5 Å². The number of hydrogen-bond donors (Lipinski definition) is 0. The van der Waals surface area contributed by atoms with Crippen LogP contribution in [0, 0.1) is 0 Å². The molecule has 0 bridgehead atoms. The van der Waals surface area contributed by atoms with Crippen molar-refractivity contribution in [1.29, 1.82) is 0 Å². The largest absolute Gasteiger partial charge is 0.492 e. The topological polar surface area (TPSA) is 88.6 Å². The van der Waals surface area contributed by atoms with E-state index in [0.717, 1.165) is 34.2 Å². The van der Waals surface area contributed by atoms with Crippen molar-refractivity contribution in [1.82, 2.24) is 9.80 Å². The summed E-state index contributed by atoms with van der Waals surface area (Å²) in [5, 5.41) is 0. The number of ether oxygens (including phenoxy) is 3. The lowest BCUT2D eigenvalue weighted by Crippen LogP contribution is -2.51. The summed E-state index contributed by atoms with van der Waals surface area (Å²) < 4.78 is 42.5. The first-order chi connectivity index (χ1) is 15.8. The molecule has 0 N–H and O–H groups in total. The summed E-state index contributed by atoms with van der Waals surface area (Å²) in [7, 11) is -3.68. The van der Waals surface area contributed by atoms with Crippen LogP contribution in [0.15, 0.2) is 42.5 Å². The van der Waals surface area contributed by atoms with E-state index < -0.39 is 10.0 Å². The highest BCUT2D eigenvalue weighted by molar-refractivity contribution is 7.92. The van der Waals surface area contributed by atoms with Gasteiger partial charge in [0.05, 0.1) is 18.6 Å². The summed E-state index contributed by atoms with van der Waals surface area (Å²) in [6.45, 7) is 5.44. The Kier molecular flexibility index (Phi) is 6.94. The van der Waals surface area contributed by atoms with E-state index in [9.17, 15) is 13.2 Å². The Balaban J connectivity index is 1.37. The monoisotopic (exact) mass is 475 g/mol. The zero-order chi connectivity index (χ0) is 23.4. The summed E-state index contributed by atoms with van der Waals surface area (Å²) >= 11 is 0. The molecule has 0 unspecified atom stereocenters. The van der Waals surface area contributed by atoms with Crippen LogP contribution in [0.3, 0.4) is 0 Å². The number of carbonyl (C=O) groups excluding carboxylic acids is 1. The molecule has 0 radical (unpaired) electrons. The summed E-state index contributed by atoms with van der Waals surface area (Å²) in [5.74, 6) is 1.73. The van der Waals surface area contributed by atoms with Crippen LogP contribution in [0.25, 0.3) is 0 Å². The van der Waals surface area contributed by atoms with Crippen LogP contribution in [-0.2, 0) is 21.4 Å². The van der Waals surface area contributed by atoms with Gasteiger partial charge in [-0.15, -0.1) is 0 Å². The quantitative estimate of drug-likeness (QED) is 0.576. The number of anilines is 1. The Hall–Kier alpha value is -2.98. The van der Waals surface area contributed by atoms with Gasteiger partial charge in [-0.3, -0.25) is 14.0 Å². The Morgan fingerprint density at radius 3 is 2.52 bits per heavy atom. The second kappa shape index (κ2) is 9.88. The van der Waals surface area contributed by atoms with E-state index in [0.29, 0.717) is 44.2 Å². The van der Waals surface area contributed by atoms with Gasteiger partial charge in [0.1, 0.15) is 12.3 Å². The fraction of sp³-hybridized carbons (Fsp3) is 0.435. The van der Waals surface area contributed by atoms with Crippen molar-refractivity contribution in [3.63, 3.8) is 0 Å². The highest BCUT2D eigenvalue weighted by Crippen LogP contribution is 2.33. The van der Waals surface area contributed by atoms with E-state index in [2.05, 4.69) is 4.90 Å². The standard InChI is InChI=1S/C23H29N3O6S/c1-3-30-20-7-5-4-6-19(20)26(33(2,28)29)16-23(27)25-12-10-24(11-13-25)15-18-8-9-21-22(14-18)32-17-31-21/h4-9,14H,3,10-13,15-17H2,1-2H3. The minimum atomic E-state index is -3.68. The molecule has 0 saturated carbocycles. The number of amides is 1. The molecule has 178 valence electrons. The van der Waals surface area contributed by atoms with Crippen molar-refractivity contribution in [2.45, 2.75) is 13.5 Å². The van der Waals surface area contributed by atoms with Crippen LogP contribution in [0.1, 0.15) is 12.5 Å². The molecule has 2 aliphatic heterocycles. The second-order valence-electron chi connectivity index (χ2n) is 8.01. The van der Waals surface area contributed by atoms with Crippen molar-refractivity contribution in [3.8, 4) is 17.2 Å². The molecule has 0 aromatic heterocycles. The number of hydrogen-bond acceptors (Lipinski definition) is 7. The molecule has 4 rings (SSSR count). The molecule has 33 heavy (non-hydrogen) atoms. The number of rotatable bonds is 8. The zero-order valence-electron chi connectivity index (χ0n) is 18.9. The lowest BCUT2D eigenvalue weighted by Gasteiger charge is -2.36. The van der Waals surface area contributed by atoms with Crippen molar-refractivity contribution >= 4 is 21.6 Å². The van der Waals surface area contributed by atoms with Crippen LogP contribution in [-0.4, -0.2) is 76.5 Å². The smallest absolute Gasteiger partial charge is 0.243 e. The van der Waals surface area contributed by atoms with Crippen molar-refractivity contribution in [3.05, 3.63) is 48.0 Å². The van der Waals surface area contributed by atoms with Crippen LogP contribution in [0.2, 0.25) is 0 Å². The molecule has 2 aromatic rings. The molecular formula is C23H29N3O6S. The number of para-hydroxylation sites is 2. The van der Waals surface area contributed by atoms with Crippen LogP contribution < -0.4 is 18.5 Å². The fourth-order valence-corrected chi connectivity index (χ4v) is 4.85. The molecule has 1 saturated heterocycles. The zero-order valence-corrected chi connectivity index (χ0v) is 19.7. The predicted molar refractivity (Wildman–Crippen MR) is 124 cm³/mol. The molecule has 10 heteroatoms. The first kappa shape index (κ1) is 23.2. The third kappa shape index (κ3) is 5.51. The summed E-state index contributed by atoms with van der Waals surface area (Å²) in [5.41, 5.74) is 1.49. The maximum absolute atomic E-state index is 13.0. The Morgan fingerprint density at radius 1 is 1.06 bits per heavy atom. The lowest BCUT2D eigenvalue weighted by atomic mass is 10.1. The average Bonchev–Trinajstić information content (AvgIpc) is 3.26. The molecule has 2 heterocycles. The summed E-state index contributed by atoms with van der Waals surface area (Å²) in [6.07, 6.45) is 1.10. The van der Waals surface area contributed by atoms with Crippen molar-refractivity contribution < 1.29 is 27.4 Å². The van der Waals surface area contributed by atoms with E-state index in [-0.39, 0.29) is 19.2 Å². The van der Waals surface area contributed by atoms with Gasteiger partial charge in [0.2, 0.25) is 22.7 Å². The predicted octanol–water partition coefficient (Wildman–Crippen LogP) is 1.92. The lowest BCUT2D eigenvalue weighted by molar-refractivity contribution is -0.131. The molecule has 2 aliphatic rings. The summed E-state index contributed by atoms with van der Waals surface area (Å²) in [6, 6.07) is 12.8. The van der Waals surface area contributed by atoms with Crippen molar-refractivity contribution in [2.75, 3.05) is 56.7 Å². The molecule has 0 aliphatic carbocycles. The number of benzene rings is 2. The number of carbonyl (C=O) groups is 1. The van der Waals surface area contributed by atoms with Crippen LogP contribution >= 0.6 is 0 Å². The van der Waals surface area contributed by atoms with Gasteiger partial charge in [-0.1, -0.05) is 18.2 Å². The summed E-state index contributed by atoms with van der Waals surface area (Å²) in [4.78, 5) is 17.0.